The van der Waals surface area contributed by atoms with E-state index in [1.807, 2.05) is 0 Å². The number of phenolic OH excluding ortho intramolecular Hbond substituents is 1. The largest absolute Gasteiger partial charge is 0.508 e. The van der Waals surface area contributed by atoms with E-state index in [4.69, 9.17) is 0 Å². The van der Waals surface area contributed by atoms with Gasteiger partial charge < -0.3 is 10.4 Å². The lowest BCUT2D eigenvalue weighted by molar-refractivity contribution is -0.137. The van der Waals surface area contributed by atoms with Crippen LogP contribution in [0.25, 0.3) is 0 Å². The molecule has 3 nitrogen and oxygen atoms in total. The fraction of sp³-hybridized carbons (Fsp3) is 0.278. The number of rotatable bonds is 4. The Balaban J connectivity index is 1.60. The van der Waals surface area contributed by atoms with Gasteiger partial charge in [-0.25, -0.2) is 0 Å². The van der Waals surface area contributed by atoms with Gasteiger partial charge in [-0.2, -0.15) is 13.2 Å². The van der Waals surface area contributed by atoms with Gasteiger partial charge in [0.15, 0.2) is 0 Å². The van der Waals surface area contributed by atoms with E-state index in [1.165, 1.54) is 12.1 Å². The number of aromatic hydroxyl groups is 1. The molecule has 1 aliphatic carbocycles. The van der Waals surface area contributed by atoms with Gasteiger partial charge in [-0.05, 0) is 24.1 Å². The highest BCUT2D eigenvalue weighted by Crippen LogP contribution is 2.42. The Hall–Kier alpha value is -2.50. The summed E-state index contributed by atoms with van der Waals surface area (Å²) in [5.41, 5.74) is 0.426. The highest BCUT2D eigenvalue weighted by atomic mass is 19.4. The Morgan fingerprint density at radius 2 is 1.92 bits per heavy atom. The van der Waals surface area contributed by atoms with E-state index in [0.29, 0.717) is 17.5 Å². The van der Waals surface area contributed by atoms with Crippen molar-refractivity contribution in [2.45, 2.75) is 31.0 Å². The van der Waals surface area contributed by atoms with Crippen LogP contribution in [0, 0.1) is 0 Å². The minimum absolute atomic E-state index is 0.0402. The first kappa shape index (κ1) is 16.4. The normalized spacial score (nSPS) is 19.8. The van der Waals surface area contributed by atoms with Gasteiger partial charge in [-0.3, -0.25) is 4.79 Å². The molecule has 1 aliphatic rings. The van der Waals surface area contributed by atoms with Gasteiger partial charge in [-0.15, -0.1) is 0 Å². The number of nitrogens with one attached hydrogen (secondary N) is 1. The molecule has 2 N–H and O–H groups in total. The van der Waals surface area contributed by atoms with Gasteiger partial charge >= 0.3 is 6.18 Å². The molecule has 0 radical (unpaired) electrons. The van der Waals surface area contributed by atoms with Crippen molar-refractivity contribution in [3.63, 3.8) is 0 Å². The summed E-state index contributed by atoms with van der Waals surface area (Å²) in [6, 6.07) is 11.6. The number of halogens is 3. The molecule has 0 spiro atoms. The molecule has 3 rings (SSSR count). The van der Waals surface area contributed by atoms with Crippen molar-refractivity contribution in [1.82, 2.24) is 5.32 Å². The first-order chi connectivity index (χ1) is 11.3. The number of carbonyl (C=O) groups is 1. The van der Waals surface area contributed by atoms with Crippen molar-refractivity contribution in [2.75, 3.05) is 0 Å². The summed E-state index contributed by atoms with van der Waals surface area (Å²) in [5.74, 6) is -0.297. The highest BCUT2D eigenvalue weighted by Gasteiger charge is 2.40. The fourth-order valence-corrected chi connectivity index (χ4v) is 2.76. The van der Waals surface area contributed by atoms with Crippen molar-refractivity contribution in [3.05, 3.63) is 65.2 Å². The summed E-state index contributed by atoms with van der Waals surface area (Å²) in [5, 5.41) is 12.5. The molecule has 0 heterocycles. The Labute approximate surface area is 137 Å². The number of phenols is 1. The number of carbonyl (C=O) groups excluding carboxylic acids is 1. The molecule has 2 atom stereocenters. The van der Waals surface area contributed by atoms with Crippen molar-refractivity contribution < 1.29 is 23.1 Å². The number of hydrogen-bond donors (Lipinski definition) is 2. The van der Waals surface area contributed by atoms with E-state index in [-0.39, 0.29) is 30.0 Å². The molecule has 0 unspecified atom stereocenters. The van der Waals surface area contributed by atoms with E-state index >= 15 is 0 Å². The number of benzene rings is 2. The van der Waals surface area contributed by atoms with Crippen LogP contribution in [-0.2, 0) is 17.4 Å². The average Bonchev–Trinajstić information content (AvgIpc) is 3.28. The second kappa shape index (κ2) is 6.19. The molecule has 126 valence electrons. The molecule has 1 fully saturated rings. The minimum Gasteiger partial charge on any atom is -0.508 e. The summed E-state index contributed by atoms with van der Waals surface area (Å²) in [7, 11) is 0. The fourth-order valence-electron chi connectivity index (χ4n) is 2.76. The van der Waals surface area contributed by atoms with Crippen LogP contribution in [0.2, 0.25) is 0 Å². The number of alkyl halides is 3. The van der Waals surface area contributed by atoms with Crippen LogP contribution in [0.4, 0.5) is 13.2 Å². The lowest BCUT2D eigenvalue weighted by atomic mass is 10.1. The maximum Gasteiger partial charge on any atom is 0.416 e. The summed E-state index contributed by atoms with van der Waals surface area (Å²) < 4.78 is 38.2. The number of hydrogen-bond acceptors (Lipinski definition) is 2. The standard InChI is InChI=1S/C18H16F3NO2/c19-18(20,21)13-6-3-5-11(8-13)14-10-15(14)22-17(24)9-12-4-1-2-7-16(12)23/h1-8,14-15,23H,9-10H2,(H,22,24)/t14-,15+/m0/s1. The monoisotopic (exact) mass is 335 g/mol. The zero-order chi connectivity index (χ0) is 17.3. The van der Waals surface area contributed by atoms with Crippen LogP contribution in [0.3, 0.4) is 0 Å². The van der Waals surface area contributed by atoms with Gasteiger partial charge in [0.25, 0.3) is 0 Å². The summed E-state index contributed by atoms with van der Waals surface area (Å²) in [6.45, 7) is 0. The molecule has 6 heteroatoms. The highest BCUT2D eigenvalue weighted by molar-refractivity contribution is 5.80. The van der Waals surface area contributed by atoms with E-state index in [1.54, 1.807) is 24.3 Å². The predicted octanol–water partition coefficient (Wildman–Crippen LogP) is 3.63. The lowest BCUT2D eigenvalue weighted by Crippen LogP contribution is -2.28. The molecule has 0 aliphatic heterocycles. The van der Waals surface area contributed by atoms with E-state index in [9.17, 15) is 23.1 Å². The van der Waals surface area contributed by atoms with E-state index in [0.717, 1.165) is 12.1 Å². The van der Waals surface area contributed by atoms with Crippen molar-refractivity contribution >= 4 is 5.91 Å². The zero-order valence-electron chi connectivity index (χ0n) is 12.7. The van der Waals surface area contributed by atoms with Crippen molar-refractivity contribution in [1.29, 1.82) is 0 Å². The van der Waals surface area contributed by atoms with Crippen LogP contribution in [-0.4, -0.2) is 17.1 Å². The number of amides is 1. The Kier molecular flexibility index (Phi) is 4.22. The topological polar surface area (TPSA) is 49.3 Å². The predicted molar refractivity (Wildman–Crippen MR) is 82.5 cm³/mol. The van der Waals surface area contributed by atoms with Crippen LogP contribution < -0.4 is 5.32 Å². The Bertz CT molecular complexity index is 758. The van der Waals surface area contributed by atoms with Crippen LogP contribution in [0.15, 0.2) is 48.5 Å². The van der Waals surface area contributed by atoms with Gasteiger partial charge in [0.05, 0.1) is 12.0 Å². The molecule has 0 aromatic heterocycles. The second-order valence-corrected chi connectivity index (χ2v) is 5.94. The van der Waals surface area contributed by atoms with Gasteiger partial charge in [0.2, 0.25) is 5.91 Å². The van der Waals surface area contributed by atoms with Gasteiger partial charge in [0, 0.05) is 17.5 Å². The quantitative estimate of drug-likeness (QED) is 0.896. The third-order valence-electron chi connectivity index (χ3n) is 4.12. The summed E-state index contributed by atoms with van der Waals surface area (Å²) in [4.78, 5) is 12.0. The molecule has 24 heavy (non-hydrogen) atoms. The van der Waals surface area contributed by atoms with Crippen LogP contribution in [0.1, 0.15) is 29.0 Å². The smallest absolute Gasteiger partial charge is 0.416 e. The lowest BCUT2D eigenvalue weighted by Gasteiger charge is -2.09. The average molecular weight is 335 g/mol. The first-order valence-corrected chi connectivity index (χ1v) is 7.58. The van der Waals surface area contributed by atoms with Crippen LogP contribution in [0.5, 0.6) is 5.75 Å². The summed E-state index contributed by atoms with van der Waals surface area (Å²) in [6.07, 6.45) is -3.71. The third kappa shape index (κ3) is 3.69. The minimum atomic E-state index is -4.37. The van der Waals surface area contributed by atoms with E-state index < -0.39 is 11.7 Å². The van der Waals surface area contributed by atoms with Crippen molar-refractivity contribution in [3.8, 4) is 5.75 Å². The molecule has 0 saturated heterocycles. The Morgan fingerprint density at radius 3 is 2.62 bits per heavy atom. The maximum atomic E-state index is 12.7. The second-order valence-electron chi connectivity index (χ2n) is 5.94. The Morgan fingerprint density at radius 1 is 1.17 bits per heavy atom. The molecule has 0 bridgehead atoms. The molecule has 2 aromatic carbocycles. The molecule has 1 saturated carbocycles. The summed E-state index contributed by atoms with van der Waals surface area (Å²) >= 11 is 0. The maximum absolute atomic E-state index is 12.7. The van der Waals surface area contributed by atoms with Crippen LogP contribution >= 0.6 is 0 Å². The molecular formula is C18H16F3NO2. The van der Waals surface area contributed by atoms with Gasteiger partial charge in [0.1, 0.15) is 5.75 Å². The molecule has 1 amide bonds. The van der Waals surface area contributed by atoms with Crippen molar-refractivity contribution in [2.24, 2.45) is 0 Å². The van der Waals surface area contributed by atoms with E-state index in [2.05, 4.69) is 5.32 Å². The molecular weight excluding hydrogens is 319 g/mol. The number of para-hydroxylation sites is 1. The SMILES string of the molecule is O=C(Cc1ccccc1O)N[C@@H]1C[C@H]1c1cccc(C(F)(F)F)c1. The first-order valence-electron chi connectivity index (χ1n) is 7.58. The molecule has 2 aromatic rings. The third-order valence-corrected chi connectivity index (χ3v) is 4.12. The van der Waals surface area contributed by atoms with Gasteiger partial charge in [-0.1, -0.05) is 36.4 Å². The zero-order valence-corrected chi connectivity index (χ0v) is 12.7.